The predicted molar refractivity (Wildman–Crippen MR) is 180 cm³/mol. The highest BCUT2D eigenvalue weighted by Crippen LogP contribution is 2.43. The first-order valence-corrected chi connectivity index (χ1v) is 15.2. The minimum atomic E-state index is 0.997. The number of nitrogens with zero attached hydrogens (tertiary/aromatic N) is 3. The van der Waals surface area contributed by atoms with Crippen LogP contribution in [0.4, 0.5) is 0 Å². The van der Waals surface area contributed by atoms with Crippen molar-refractivity contribution in [3.63, 3.8) is 0 Å². The van der Waals surface area contributed by atoms with Crippen LogP contribution in [0.2, 0.25) is 0 Å². The maximum atomic E-state index is 5.03. The van der Waals surface area contributed by atoms with Gasteiger partial charge in [-0.3, -0.25) is 4.57 Å². The largest absolute Gasteiger partial charge is 0.309 e. The van der Waals surface area contributed by atoms with Crippen molar-refractivity contribution >= 4 is 75.1 Å². The molecule has 0 atom stereocenters. The third-order valence-electron chi connectivity index (χ3n) is 8.77. The molecule has 0 fully saturated rings. The van der Waals surface area contributed by atoms with Gasteiger partial charge < -0.3 is 4.57 Å². The Balaban J connectivity index is 1.36. The van der Waals surface area contributed by atoms with Crippen LogP contribution in [0.5, 0.6) is 0 Å². The Morgan fingerprint density at radius 1 is 0.500 bits per heavy atom. The van der Waals surface area contributed by atoms with Crippen molar-refractivity contribution in [3.8, 4) is 11.5 Å². The number of fused-ring (bicyclic) bond motifs is 9. The van der Waals surface area contributed by atoms with Gasteiger partial charge in [0.2, 0.25) is 0 Å². The topological polar surface area (TPSA) is 22.8 Å². The van der Waals surface area contributed by atoms with E-state index < -0.39 is 0 Å². The molecule has 0 bridgehead atoms. The minimum Gasteiger partial charge on any atom is -0.309 e. The first-order valence-electron chi connectivity index (χ1n) is 14.4. The second kappa shape index (κ2) is 8.54. The van der Waals surface area contributed by atoms with Crippen LogP contribution in [0, 0.1) is 20.8 Å². The van der Waals surface area contributed by atoms with E-state index in [-0.39, 0.29) is 0 Å². The number of pyridine rings is 1. The van der Waals surface area contributed by atoms with Crippen LogP contribution < -0.4 is 0 Å². The monoisotopic (exact) mass is 557 g/mol. The summed E-state index contributed by atoms with van der Waals surface area (Å²) >= 11 is 1.86. The van der Waals surface area contributed by atoms with Crippen molar-refractivity contribution in [1.82, 2.24) is 14.1 Å². The molecule has 0 aliphatic carbocycles. The summed E-state index contributed by atoms with van der Waals surface area (Å²) in [5, 5.41) is 7.65. The average Bonchev–Trinajstić information content (AvgIpc) is 3.65. The van der Waals surface area contributed by atoms with Gasteiger partial charge in [-0.1, -0.05) is 59.7 Å². The van der Waals surface area contributed by atoms with E-state index in [9.17, 15) is 0 Å². The number of hydrogen-bond acceptors (Lipinski definition) is 2. The lowest BCUT2D eigenvalue weighted by atomic mass is 10.1. The second-order valence-corrected chi connectivity index (χ2v) is 12.5. The van der Waals surface area contributed by atoms with Crippen LogP contribution in [0.25, 0.3) is 75.3 Å². The highest BCUT2D eigenvalue weighted by molar-refractivity contribution is 7.26. The molecule has 4 heterocycles. The molecule has 4 heteroatoms. The van der Waals surface area contributed by atoms with Crippen molar-refractivity contribution in [2.45, 2.75) is 20.8 Å². The number of hydrogen-bond donors (Lipinski definition) is 0. The Hall–Kier alpha value is -4.93. The predicted octanol–water partition coefficient (Wildman–Crippen LogP) is 10.6. The summed E-state index contributed by atoms with van der Waals surface area (Å²) in [5.41, 5.74) is 9.88. The van der Waals surface area contributed by atoms with Gasteiger partial charge in [-0.2, -0.15) is 0 Å². The number of rotatable bonds is 2. The Bertz CT molecular complexity index is 2560. The summed E-state index contributed by atoms with van der Waals surface area (Å²) in [7, 11) is 0. The van der Waals surface area contributed by atoms with E-state index in [4.69, 9.17) is 4.98 Å². The molecule has 0 saturated heterocycles. The number of aromatic nitrogens is 3. The van der Waals surface area contributed by atoms with Gasteiger partial charge >= 0.3 is 0 Å². The fraction of sp³-hybridized carbons (Fsp3) is 0.0789. The van der Waals surface area contributed by atoms with Crippen LogP contribution >= 0.6 is 11.3 Å². The average molecular weight is 558 g/mol. The molecule has 0 unspecified atom stereocenters. The molecule has 0 radical (unpaired) electrons. The quantitative estimate of drug-likeness (QED) is 0.207. The molecule has 9 aromatic rings. The van der Waals surface area contributed by atoms with Gasteiger partial charge in [0.1, 0.15) is 0 Å². The molecule has 9 rings (SSSR count). The zero-order valence-electron chi connectivity index (χ0n) is 23.6. The van der Waals surface area contributed by atoms with Crippen molar-refractivity contribution < 1.29 is 0 Å². The smallest absolute Gasteiger partial charge is 0.155 e. The fourth-order valence-corrected chi connectivity index (χ4v) is 8.14. The number of para-hydroxylation sites is 2. The summed E-state index contributed by atoms with van der Waals surface area (Å²) in [6.45, 7) is 6.58. The number of thiophene rings is 1. The summed E-state index contributed by atoms with van der Waals surface area (Å²) in [6, 6.07) is 37.9. The van der Waals surface area contributed by atoms with Crippen molar-refractivity contribution in [2.24, 2.45) is 0 Å². The third-order valence-corrected chi connectivity index (χ3v) is 10.1. The van der Waals surface area contributed by atoms with Crippen molar-refractivity contribution in [3.05, 3.63) is 126 Å². The first-order chi connectivity index (χ1) is 20.6. The SMILES string of the molecule is Cc1ccc2c(c1)c1ccccc1n2-c1cc(C)c2sc3c(-n4c5ccccc5c5cc(C)ccc54)nccc3c2c1. The van der Waals surface area contributed by atoms with Crippen molar-refractivity contribution in [2.75, 3.05) is 0 Å². The molecule has 200 valence electrons. The van der Waals surface area contributed by atoms with Crippen LogP contribution in [0.15, 0.2) is 109 Å². The molecule has 3 nitrogen and oxygen atoms in total. The van der Waals surface area contributed by atoms with E-state index in [2.05, 4.69) is 133 Å². The molecule has 0 aliphatic heterocycles. The lowest BCUT2D eigenvalue weighted by molar-refractivity contribution is 1.10. The lowest BCUT2D eigenvalue weighted by Crippen LogP contribution is -1.97. The van der Waals surface area contributed by atoms with Gasteiger partial charge in [0, 0.05) is 48.9 Å². The van der Waals surface area contributed by atoms with Crippen molar-refractivity contribution in [1.29, 1.82) is 0 Å². The molecule has 5 aromatic carbocycles. The summed E-state index contributed by atoms with van der Waals surface area (Å²) in [5.74, 6) is 0.997. The highest BCUT2D eigenvalue weighted by atomic mass is 32.1. The normalized spacial score (nSPS) is 12.2. The molecule has 0 spiro atoms. The zero-order chi connectivity index (χ0) is 28.1. The maximum Gasteiger partial charge on any atom is 0.155 e. The van der Waals surface area contributed by atoms with Gasteiger partial charge in [-0.25, -0.2) is 4.98 Å². The fourth-order valence-electron chi connectivity index (χ4n) is 6.91. The molecule has 4 aromatic heterocycles. The van der Waals surface area contributed by atoms with Gasteiger partial charge in [-0.15, -0.1) is 11.3 Å². The molecular formula is C38H27N3S. The van der Waals surface area contributed by atoms with Gasteiger partial charge in [0.15, 0.2) is 5.82 Å². The Kier molecular flexibility index (Phi) is 4.83. The van der Waals surface area contributed by atoms with Crippen LogP contribution in [0.1, 0.15) is 16.7 Å². The van der Waals surface area contributed by atoms with E-state index in [1.807, 2.05) is 17.5 Å². The molecule has 0 N–H and O–H groups in total. The van der Waals surface area contributed by atoms with Gasteiger partial charge in [0.25, 0.3) is 0 Å². The molecular weight excluding hydrogens is 531 g/mol. The van der Waals surface area contributed by atoms with E-state index in [1.165, 1.54) is 86.2 Å². The highest BCUT2D eigenvalue weighted by Gasteiger charge is 2.20. The lowest BCUT2D eigenvalue weighted by Gasteiger charge is -2.10. The van der Waals surface area contributed by atoms with E-state index in [1.54, 1.807) is 0 Å². The minimum absolute atomic E-state index is 0.997. The second-order valence-electron chi connectivity index (χ2n) is 11.5. The van der Waals surface area contributed by atoms with Crippen LogP contribution in [-0.4, -0.2) is 14.1 Å². The summed E-state index contributed by atoms with van der Waals surface area (Å²) < 4.78 is 7.31. The summed E-state index contributed by atoms with van der Waals surface area (Å²) in [4.78, 5) is 5.03. The van der Waals surface area contributed by atoms with Crippen LogP contribution in [0.3, 0.4) is 0 Å². The summed E-state index contributed by atoms with van der Waals surface area (Å²) in [6.07, 6.45) is 1.98. The Morgan fingerprint density at radius 2 is 1.10 bits per heavy atom. The molecule has 0 saturated carbocycles. The van der Waals surface area contributed by atoms with Crippen LogP contribution in [-0.2, 0) is 0 Å². The zero-order valence-corrected chi connectivity index (χ0v) is 24.5. The molecule has 42 heavy (non-hydrogen) atoms. The number of benzene rings is 5. The maximum absolute atomic E-state index is 5.03. The van der Waals surface area contributed by atoms with E-state index in [0.29, 0.717) is 0 Å². The van der Waals surface area contributed by atoms with E-state index >= 15 is 0 Å². The number of aryl methyl sites for hydroxylation is 3. The molecule has 0 aliphatic rings. The standard InChI is InChI=1S/C38H27N3S/c1-22-12-14-34-29(18-22)26-8-4-6-10-32(26)40(34)25-20-24(3)36-31(21-25)28-16-17-39-38(37(28)42-36)41-33-11-7-5-9-27(33)30-19-23(2)13-15-35(30)41/h4-21H,1-3H3. The Labute approximate surface area is 246 Å². The van der Waals surface area contributed by atoms with Gasteiger partial charge in [-0.05, 0) is 80.9 Å². The third kappa shape index (κ3) is 3.18. The van der Waals surface area contributed by atoms with Gasteiger partial charge in [0.05, 0.1) is 26.8 Å². The first kappa shape index (κ1) is 23.7. The van der Waals surface area contributed by atoms with E-state index in [0.717, 1.165) is 5.82 Å². The Morgan fingerprint density at radius 3 is 1.79 bits per heavy atom. The molecule has 0 amide bonds.